The molecule has 8 heteroatoms. The summed E-state index contributed by atoms with van der Waals surface area (Å²) in [6, 6.07) is 14.0. The number of carbonyl (C=O) groups is 1. The molecule has 1 aliphatic rings. The lowest BCUT2D eigenvalue weighted by Gasteiger charge is -2.36. The molecule has 2 aromatic heterocycles. The van der Waals surface area contributed by atoms with Gasteiger partial charge in [0.05, 0.1) is 18.6 Å². The van der Waals surface area contributed by atoms with Crippen LogP contribution < -0.4 is 5.32 Å². The molecule has 158 valence electrons. The van der Waals surface area contributed by atoms with Crippen molar-refractivity contribution in [1.82, 2.24) is 25.3 Å². The molecule has 1 N–H and O–H groups in total. The molecule has 30 heavy (non-hydrogen) atoms. The summed E-state index contributed by atoms with van der Waals surface area (Å²) in [5, 5.41) is 9.25. The van der Waals surface area contributed by atoms with Gasteiger partial charge < -0.3 is 9.84 Å². The summed E-state index contributed by atoms with van der Waals surface area (Å²) >= 11 is 1.67. The van der Waals surface area contributed by atoms with Crippen molar-refractivity contribution in [2.24, 2.45) is 0 Å². The zero-order valence-corrected chi connectivity index (χ0v) is 18.1. The van der Waals surface area contributed by atoms with E-state index in [-0.39, 0.29) is 18.0 Å². The first kappa shape index (κ1) is 20.7. The van der Waals surface area contributed by atoms with Gasteiger partial charge in [0.15, 0.2) is 0 Å². The maximum absolute atomic E-state index is 12.4. The number of hydrogen-bond donors (Lipinski definition) is 1. The van der Waals surface area contributed by atoms with E-state index in [1.54, 1.807) is 11.3 Å². The van der Waals surface area contributed by atoms with E-state index in [9.17, 15) is 4.79 Å². The number of nitrogens with zero attached hydrogens (tertiary/aromatic N) is 4. The number of aromatic nitrogens is 2. The number of benzene rings is 1. The van der Waals surface area contributed by atoms with Gasteiger partial charge in [-0.05, 0) is 25.3 Å². The molecule has 2 atom stereocenters. The first-order valence-corrected chi connectivity index (χ1v) is 11.2. The summed E-state index contributed by atoms with van der Waals surface area (Å²) in [6.07, 6.45) is 0. The van der Waals surface area contributed by atoms with Crippen LogP contribution in [0.5, 0.6) is 0 Å². The Hall–Kier alpha value is -2.55. The van der Waals surface area contributed by atoms with Crippen LogP contribution in [0.15, 0.2) is 52.4 Å². The maximum atomic E-state index is 12.4. The van der Waals surface area contributed by atoms with Crippen LogP contribution in [0.2, 0.25) is 0 Å². The quantitative estimate of drug-likeness (QED) is 0.626. The van der Waals surface area contributed by atoms with E-state index in [4.69, 9.17) is 4.52 Å². The van der Waals surface area contributed by atoms with Gasteiger partial charge >= 0.3 is 0 Å². The number of thiophene rings is 1. The highest BCUT2D eigenvalue weighted by atomic mass is 32.1. The highest BCUT2D eigenvalue weighted by Crippen LogP contribution is 2.23. The second kappa shape index (κ2) is 9.51. The molecule has 0 bridgehead atoms. The van der Waals surface area contributed by atoms with E-state index in [1.807, 2.05) is 48.7 Å². The summed E-state index contributed by atoms with van der Waals surface area (Å²) in [6.45, 7) is 7.94. The fourth-order valence-corrected chi connectivity index (χ4v) is 4.41. The van der Waals surface area contributed by atoms with Crippen LogP contribution in [-0.4, -0.2) is 58.6 Å². The van der Waals surface area contributed by atoms with Crippen molar-refractivity contribution in [3.63, 3.8) is 0 Å². The summed E-state index contributed by atoms with van der Waals surface area (Å²) < 4.78 is 5.53. The predicted octanol–water partition coefficient (Wildman–Crippen LogP) is 3.35. The number of rotatable bonds is 7. The Morgan fingerprint density at radius 1 is 1.13 bits per heavy atom. The maximum Gasteiger partial charge on any atom is 0.244 e. The highest BCUT2D eigenvalue weighted by Gasteiger charge is 2.27. The molecule has 1 saturated heterocycles. The lowest BCUT2D eigenvalue weighted by Crippen LogP contribution is -2.50. The number of nitrogens with one attached hydrogen (secondary N) is 1. The van der Waals surface area contributed by atoms with Crippen LogP contribution in [0, 0.1) is 0 Å². The second-order valence-corrected chi connectivity index (χ2v) is 8.59. The summed E-state index contributed by atoms with van der Waals surface area (Å²) in [5.41, 5.74) is 0.951. The Morgan fingerprint density at radius 2 is 1.90 bits per heavy atom. The van der Waals surface area contributed by atoms with Crippen LogP contribution >= 0.6 is 11.3 Å². The first-order valence-electron chi connectivity index (χ1n) is 10.3. The molecule has 0 saturated carbocycles. The molecular formula is C22H27N5O2S. The Kier molecular flexibility index (Phi) is 6.56. The lowest BCUT2D eigenvalue weighted by atomic mass is 10.2. The monoisotopic (exact) mass is 425 g/mol. The Labute approximate surface area is 180 Å². The highest BCUT2D eigenvalue weighted by molar-refractivity contribution is 7.10. The van der Waals surface area contributed by atoms with Crippen molar-refractivity contribution in [2.45, 2.75) is 25.9 Å². The van der Waals surface area contributed by atoms with Crippen LogP contribution in [-0.2, 0) is 4.79 Å². The van der Waals surface area contributed by atoms with Gasteiger partial charge in [-0.2, -0.15) is 4.98 Å². The van der Waals surface area contributed by atoms with Crippen molar-refractivity contribution in [3.8, 4) is 11.4 Å². The Balaban J connectivity index is 1.26. The Morgan fingerprint density at radius 3 is 2.60 bits per heavy atom. The van der Waals surface area contributed by atoms with Crippen LogP contribution in [0.4, 0.5) is 0 Å². The molecule has 7 nitrogen and oxygen atoms in total. The van der Waals surface area contributed by atoms with Gasteiger partial charge in [0, 0.05) is 36.6 Å². The molecule has 1 fully saturated rings. The second-order valence-electron chi connectivity index (χ2n) is 7.61. The van der Waals surface area contributed by atoms with Gasteiger partial charge in [-0.25, -0.2) is 0 Å². The van der Waals surface area contributed by atoms with Crippen molar-refractivity contribution in [3.05, 3.63) is 58.6 Å². The first-order chi connectivity index (χ1) is 14.6. The van der Waals surface area contributed by atoms with E-state index >= 15 is 0 Å². The molecule has 0 aliphatic carbocycles. The fraction of sp³-hybridized carbons (Fsp3) is 0.409. The van der Waals surface area contributed by atoms with Gasteiger partial charge in [0.25, 0.3) is 0 Å². The van der Waals surface area contributed by atoms with Crippen molar-refractivity contribution in [2.75, 3.05) is 32.7 Å². The average Bonchev–Trinajstić information content (AvgIpc) is 3.47. The molecular weight excluding hydrogens is 398 g/mol. The average molecular weight is 426 g/mol. The fourth-order valence-electron chi connectivity index (χ4n) is 3.67. The molecule has 1 amide bonds. The molecule has 3 heterocycles. The normalized spacial score (nSPS) is 17.5. The molecule has 1 aliphatic heterocycles. The third kappa shape index (κ3) is 4.95. The summed E-state index contributed by atoms with van der Waals surface area (Å²) in [7, 11) is 0. The number of amides is 1. The van der Waals surface area contributed by atoms with Crippen molar-refractivity contribution < 1.29 is 9.32 Å². The summed E-state index contributed by atoms with van der Waals surface area (Å²) in [4.78, 5) is 22.7. The van der Waals surface area contributed by atoms with Crippen molar-refractivity contribution in [1.29, 1.82) is 0 Å². The molecule has 0 radical (unpaired) electrons. The van der Waals surface area contributed by atoms with Gasteiger partial charge in [-0.1, -0.05) is 41.6 Å². The number of piperazine rings is 1. The zero-order chi connectivity index (χ0) is 20.9. The van der Waals surface area contributed by atoms with Gasteiger partial charge in [0.1, 0.15) is 0 Å². The smallest absolute Gasteiger partial charge is 0.244 e. The van der Waals surface area contributed by atoms with E-state index < -0.39 is 0 Å². The molecule has 1 aromatic carbocycles. The van der Waals surface area contributed by atoms with Crippen LogP contribution in [0.3, 0.4) is 0 Å². The van der Waals surface area contributed by atoms with E-state index in [1.165, 1.54) is 4.88 Å². The minimum Gasteiger partial charge on any atom is -0.348 e. The lowest BCUT2D eigenvalue weighted by molar-refractivity contribution is -0.123. The molecule has 3 aromatic rings. The topological polar surface area (TPSA) is 74.5 Å². The minimum atomic E-state index is 0.0461. The van der Waals surface area contributed by atoms with Crippen molar-refractivity contribution >= 4 is 17.2 Å². The van der Waals surface area contributed by atoms with E-state index in [0.717, 1.165) is 31.7 Å². The zero-order valence-electron chi connectivity index (χ0n) is 17.3. The molecule has 4 rings (SSSR count). The van der Waals surface area contributed by atoms with E-state index in [2.05, 4.69) is 38.2 Å². The third-order valence-corrected chi connectivity index (χ3v) is 6.56. The standard InChI is InChI=1S/C22H27N5O2S/c1-16(19-9-6-14-30-19)23-20(28)15-26-10-12-27(13-11-26)17(2)22-24-21(25-29-22)18-7-4-3-5-8-18/h3-9,14,16-17H,10-13,15H2,1-2H3,(H,23,28). The third-order valence-electron chi connectivity index (χ3n) is 5.50. The number of hydrogen-bond acceptors (Lipinski definition) is 7. The van der Waals surface area contributed by atoms with Crippen LogP contribution in [0.25, 0.3) is 11.4 Å². The van der Waals surface area contributed by atoms with Gasteiger partial charge in [-0.3, -0.25) is 14.6 Å². The van der Waals surface area contributed by atoms with Gasteiger partial charge in [0.2, 0.25) is 17.6 Å². The van der Waals surface area contributed by atoms with Crippen LogP contribution in [0.1, 0.15) is 36.7 Å². The summed E-state index contributed by atoms with van der Waals surface area (Å²) in [5.74, 6) is 1.32. The molecule has 2 unspecified atom stereocenters. The predicted molar refractivity (Wildman–Crippen MR) is 117 cm³/mol. The SMILES string of the molecule is CC(NC(=O)CN1CCN(C(C)c2nc(-c3ccccc3)no2)CC1)c1cccs1. The van der Waals surface area contributed by atoms with Gasteiger partial charge in [-0.15, -0.1) is 11.3 Å². The molecule has 0 spiro atoms. The van der Waals surface area contributed by atoms with E-state index in [0.29, 0.717) is 18.3 Å². The number of carbonyl (C=O) groups excluding carboxylic acids is 1. The largest absolute Gasteiger partial charge is 0.348 e. The Bertz CT molecular complexity index is 936. The minimum absolute atomic E-state index is 0.0461.